The molecule has 0 spiro atoms. The molecule has 1 amide bonds. The van der Waals surface area contributed by atoms with Crippen LogP contribution in [0.4, 0.5) is 4.39 Å². The maximum absolute atomic E-state index is 14.4. The summed E-state index contributed by atoms with van der Waals surface area (Å²) >= 11 is 0. The van der Waals surface area contributed by atoms with Crippen LogP contribution in [-0.2, 0) is 43.6 Å². The lowest BCUT2D eigenvalue weighted by Crippen LogP contribution is -2.25. The van der Waals surface area contributed by atoms with Gasteiger partial charge in [0.1, 0.15) is 18.2 Å². The Labute approximate surface area is 341 Å². The van der Waals surface area contributed by atoms with Crippen molar-refractivity contribution in [3.05, 3.63) is 184 Å². The predicted molar refractivity (Wildman–Crippen MR) is 223 cm³/mol. The van der Waals surface area contributed by atoms with Gasteiger partial charge in [-0.2, -0.15) is 5.26 Å². The van der Waals surface area contributed by atoms with Gasteiger partial charge in [0.25, 0.3) is 5.91 Å². The van der Waals surface area contributed by atoms with Crippen molar-refractivity contribution in [2.45, 2.75) is 38.8 Å². The maximum atomic E-state index is 14.4. The summed E-state index contributed by atoms with van der Waals surface area (Å²) in [5.74, 6) is -0.373. The minimum Gasteiger partial charge on any atom is -0.478 e. The number of pyridine rings is 1. The zero-order valence-electron chi connectivity index (χ0n) is 32.5. The molecule has 59 heavy (non-hydrogen) atoms. The Kier molecular flexibility index (Phi) is 12.8. The molecule has 0 aliphatic rings. The monoisotopic (exact) mass is 787 g/mol. The van der Waals surface area contributed by atoms with Crippen LogP contribution in [0.25, 0.3) is 22.3 Å². The lowest BCUT2D eigenvalue weighted by Gasteiger charge is -2.10. The molecular formula is C48H42FN5O5. The SMILES string of the molecule is COCCn1c(Cc2ccc(-c3cccc(OCc4ccc(C#N)cc4F)n3)cc2)nc2cc(C(=O)NCCc3ccc(CCc4ccc(C(=O)O)cc4)cc3)ccc21. The van der Waals surface area contributed by atoms with Crippen molar-refractivity contribution in [3.8, 4) is 23.2 Å². The molecule has 2 aromatic heterocycles. The number of halogens is 1. The van der Waals surface area contributed by atoms with Gasteiger partial charge in [0.05, 0.1) is 40.5 Å². The Morgan fingerprint density at radius 3 is 2.15 bits per heavy atom. The number of hydrogen-bond acceptors (Lipinski definition) is 7. The second kappa shape index (κ2) is 18.9. The van der Waals surface area contributed by atoms with E-state index in [4.69, 9.17) is 24.8 Å². The van der Waals surface area contributed by atoms with Gasteiger partial charge in [-0.25, -0.2) is 19.2 Å². The number of imidazole rings is 1. The molecule has 0 aliphatic heterocycles. The predicted octanol–water partition coefficient (Wildman–Crippen LogP) is 8.38. The average Bonchev–Trinajstić information content (AvgIpc) is 3.60. The Bertz CT molecular complexity index is 2620. The van der Waals surface area contributed by atoms with E-state index in [1.165, 1.54) is 11.6 Å². The molecule has 0 atom stereocenters. The Hall–Kier alpha value is -7.16. The van der Waals surface area contributed by atoms with Gasteiger partial charge in [-0.15, -0.1) is 0 Å². The maximum Gasteiger partial charge on any atom is 0.335 e. The highest BCUT2D eigenvalue weighted by molar-refractivity contribution is 5.97. The number of carboxylic acids is 1. The molecule has 5 aromatic carbocycles. The van der Waals surface area contributed by atoms with E-state index >= 15 is 0 Å². The zero-order valence-corrected chi connectivity index (χ0v) is 32.5. The number of nitrogens with zero attached hydrogens (tertiary/aromatic N) is 4. The van der Waals surface area contributed by atoms with E-state index in [-0.39, 0.29) is 23.6 Å². The highest BCUT2D eigenvalue weighted by atomic mass is 19.1. The highest BCUT2D eigenvalue weighted by Gasteiger charge is 2.15. The number of carbonyl (C=O) groups excluding carboxylic acids is 1. The summed E-state index contributed by atoms with van der Waals surface area (Å²) in [6.07, 6.45) is 2.92. The number of methoxy groups -OCH3 is 1. The van der Waals surface area contributed by atoms with E-state index in [0.29, 0.717) is 55.2 Å². The topological polar surface area (TPSA) is 139 Å². The molecule has 2 N–H and O–H groups in total. The van der Waals surface area contributed by atoms with Crippen molar-refractivity contribution in [2.24, 2.45) is 0 Å². The molecule has 7 rings (SSSR count). The Morgan fingerprint density at radius 2 is 1.47 bits per heavy atom. The van der Waals surface area contributed by atoms with E-state index in [9.17, 15) is 14.0 Å². The van der Waals surface area contributed by atoms with Gasteiger partial charge in [0.2, 0.25) is 5.88 Å². The molecule has 0 aliphatic carbocycles. The molecule has 0 saturated carbocycles. The van der Waals surface area contributed by atoms with Gasteiger partial charge in [0.15, 0.2) is 0 Å². The summed E-state index contributed by atoms with van der Waals surface area (Å²) in [6.45, 7) is 1.58. The number of benzene rings is 5. The first-order valence-electron chi connectivity index (χ1n) is 19.3. The zero-order chi connectivity index (χ0) is 41.1. The minimum atomic E-state index is -0.925. The van der Waals surface area contributed by atoms with E-state index in [1.807, 2.05) is 72.8 Å². The van der Waals surface area contributed by atoms with Gasteiger partial charge < -0.3 is 24.5 Å². The number of hydrogen-bond donors (Lipinski definition) is 2. The molecule has 0 fully saturated rings. The highest BCUT2D eigenvalue weighted by Crippen LogP contribution is 2.25. The number of aromatic carboxylic acids is 1. The number of nitriles is 1. The van der Waals surface area contributed by atoms with Gasteiger partial charge in [0, 0.05) is 49.4 Å². The molecule has 2 heterocycles. The second-order valence-electron chi connectivity index (χ2n) is 14.1. The fourth-order valence-corrected chi connectivity index (χ4v) is 6.80. The average molecular weight is 788 g/mol. The number of carboxylic acid groups (broad SMARTS) is 1. The first kappa shape index (κ1) is 40.1. The number of aromatic nitrogens is 3. The fourth-order valence-electron chi connectivity index (χ4n) is 6.80. The summed E-state index contributed by atoms with van der Waals surface area (Å²) in [6, 6.07) is 40.7. The largest absolute Gasteiger partial charge is 0.478 e. The summed E-state index contributed by atoms with van der Waals surface area (Å²) in [5.41, 5.74) is 9.12. The number of rotatable bonds is 17. The minimum absolute atomic E-state index is 0.0156. The smallest absolute Gasteiger partial charge is 0.335 e. The van der Waals surface area contributed by atoms with Gasteiger partial charge in [-0.1, -0.05) is 72.8 Å². The number of aryl methyl sites for hydroxylation is 2. The molecule has 7 aromatic rings. The summed E-state index contributed by atoms with van der Waals surface area (Å²) in [5, 5.41) is 21.1. The van der Waals surface area contributed by atoms with Gasteiger partial charge >= 0.3 is 5.97 Å². The summed E-state index contributed by atoms with van der Waals surface area (Å²) in [7, 11) is 1.67. The van der Waals surface area contributed by atoms with Crippen molar-refractivity contribution in [1.29, 1.82) is 5.26 Å². The third-order valence-electron chi connectivity index (χ3n) is 10.1. The van der Waals surface area contributed by atoms with Crippen LogP contribution in [0.5, 0.6) is 5.88 Å². The molecular weight excluding hydrogens is 746 g/mol. The second-order valence-corrected chi connectivity index (χ2v) is 14.1. The molecule has 296 valence electrons. The Balaban J connectivity index is 0.950. The van der Waals surface area contributed by atoms with Crippen LogP contribution in [0.3, 0.4) is 0 Å². The van der Waals surface area contributed by atoms with Crippen LogP contribution in [0.1, 0.15) is 59.9 Å². The van der Waals surface area contributed by atoms with E-state index < -0.39 is 11.8 Å². The van der Waals surface area contributed by atoms with Crippen molar-refractivity contribution >= 4 is 22.9 Å². The number of fused-ring (bicyclic) bond motifs is 1. The number of nitrogens with one attached hydrogen (secondary N) is 1. The van der Waals surface area contributed by atoms with Crippen molar-refractivity contribution in [1.82, 2.24) is 19.9 Å². The fraction of sp³-hybridized carbons (Fsp3) is 0.188. The van der Waals surface area contributed by atoms with Gasteiger partial charge in [-0.05, 0) is 90.0 Å². The Morgan fingerprint density at radius 1 is 0.797 bits per heavy atom. The molecule has 0 unspecified atom stereocenters. The molecule has 0 bridgehead atoms. The van der Waals surface area contributed by atoms with Crippen LogP contribution in [-0.4, -0.2) is 51.8 Å². The molecule has 0 radical (unpaired) electrons. The first-order chi connectivity index (χ1) is 28.8. The normalized spacial score (nSPS) is 11.0. The molecule has 10 nitrogen and oxygen atoms in total. The lowest BCUT2D eigenvalue weighted by atomic mass is 10.0. The molecule has 11 heteroatoms. The quantitative estimate of drug-likeness (QED) is 0.0939. The van der Waals surface area contributed by atoms with Crippen LogP contribution >= 0.6 is 0 Å². The number of carbonyl (C=O) groups is 2. The summed E-state index contributed by atoms with van der Waals surface area (Å²) in [4.78, 5) is 33.9. The molecule has 0 saturated heterocycles. The number of ether oxygens (including phenoxy) is 2. The third kappa shape index (κ3) is 10.2. The van der Waals surface area contributed by atoms with Crippen LogP contribution < -0.4 is 10.1 Å². The van der Waals surface area contributed by atoms with Crippen LogP contribution in [0.15, 0.2) is 127 Å². The summed E-state index contributed by atoms with van der Waals surface area (Å²) < 4.78 is 27.7. The van der Waals surface area contributed by atoms with E-state index in [0.717, 1.165) is 52.0 Å². The van der Waals surface area contributed by atoms with Crippen molar-refractivity contribution in [2.75, 3.05) is 20.3 Å². The van der Waals surface area contributed by atoms with Gasteiger partial charge in [-0.3, -0.25) is 4.79 Å². The van der Waals surface area contributed by atoms with Crippen molar-refractivity contribution in [3.63, 3.8) is 0 Å². The van der Waals surface area contributed by atoms with Crippen LogP contribution in [0, 0.1) is 17.1 Å². The van der Waals surface area contributed by atoms with Crippen molar-refractivity contribution < 1.29 is 28.6 Å². The van der Waals surface area contributed by atoms with E-state index in [1.54, 1.807) is 37.4 Å². The van der Waals surface area contributed by atoms with E-state index in [2.05, 4.69) is 39.1 Å². The standard InChI is InChI=1S/C48H42FN5O5/c1-58-26-25-54-44-22-21-39(47(55)51-24-23-34-9-7-32(8-10-34)5-6-33-11-18-38(19-12-33)48(56)57)29-43(44)52-45(54)28-35-13-16-37(17-14-35)42-3-2-4-46(53-42)59-31-40-20-15-36(30-50)27-41(40)49/h2-4,7-22,27,29H,5-6,23-26,28,31H2,1H3,(H,51,55)(H,56,57). The van der Waals surface area contributed by atoms with Crippen LogP contribution in [0.2, 0.25) is 0 Å². The number of amides is 1. The lowest BCUT2D eigenvalue weighted by molar-refractivity contribution is 0.0696. The first-order valence-corrected chi connectivity index (χ1v) is 19.3. The third-order valence-corrected chi connectivity index (χ3v) is 10.1.